The second-order valence-corrected chi connectivity index (χ2v) is 5.90. The number of amides is 2. The van der Waals surface area contributed by atoms with Gasteiger partial charge in [-0.2, -0.15) is 0 Å². The molecular formula is C15H23ClFN3O2. The van der Waals surface area contributed by atoms with E-state index in [2.05, 4.69) is 10.6 Å². The molecule has 4 N–H and O–H groups in total. The molecule has 22 heavy (non-hydrogen) atoms. The van der Waals surface area contributed by atoms with Crippen LogP contribution in [-0.2, 0) is 9.59 Å². The number of halogens is 2. The average Bonchev–Trinajstić information content (AvgIpc) is 2.42. The fourth-order valence-electron chi connectivity index (χ4n) is 1.92. The summed E-state index contributed by atoms with van der Waals surface area (Å²) in [7, 11) is 0. The fraction of sp³-hybridized carbons (Fsp3) is 0.467. The van der Waals surface area contributed by atoms with Crippen LogP contribution in [0.4, 0.5) is 4.39 Å². The molecule has 1 aromatic carbocycles. The van der Waals surface area contributed by atoms with E-state index in [1.165, 1.54) is 12.1 Å². The number of benzene rings is 1. The lowest BCUT2D eigenvalue weighted by Gasteiger charge is -2.32. The Hall–Kier alpha value is -1.66. The van der Waals surface area contributed by atoms with Crippen LogP contribution in [0.1, 0.15) is 32.4 Å². The van der Waals surface area contributed by atoms with Gasteiger partial charge in [-0.15, -0.1) is 12.4 Å². The predicted octanol–water partition coefficient (Wildman–Crippen LogP) is 1.53. The van der Waals surface area contributed by atoms with Gasteiger partial charge in [0.15, 0.2) is 0 Å². The van der Waals surface area contributed by atoms with Gasteiger partial charge in [-0.25, -0.2) is 4.39 Å². The van der Waals surface area contributed by atoms with Crippen molar-refractivity contribution < 1.29 is 14.0 Å². The van der Waals surface area contributed by atoms with E-state index in [9.17, 15) is 14.0 Å². The Morgan fingerprint density at radius 3 is 2.18 bits per heavy atom. The molecule has 1 aromatic rings. The maximum absolute atomic E-state index is 13.0. The first-order valence-corrected chi connectivity index (χ1v) is 6.75. The summed E-state index contributed by atoms with van der Waals surface area (Å²) in [6.07, 6.45) is 0. The molecule has 2 amide bonds. The van der Waals surface area contributed by atoms with Crippen LogP contribution in [0.5, 0.6) is 0 Å². The minimum Gasteiger partial charge on any atom is -0.347 e. The van der Waals surface area contributed by atoms with Gasteiger partial charge in [0.25, 0.3) is 0 Å². The van der Waals surface area contributed by atoms with Gasteiger partial charge >= 0.3 is 0 Å². The highest BCUT2D eigenvalue weighted by Crippen LogP contribution is 2.32. The van der Waals surface area contributed by atoms with Crippen LogP contribution in [0.25, 0.3) is 0 Å². The van der Waals surface area contributed by atoms with Crippen molar-refractivity contribution in [2.45, 2.75) is 26.8 Å². The van der Waals surface area contributed by atoms with Crippen molar-refractivity contribution in [1.29, 1.82) is 0 Å². The smallest absolute Gasteiger partial charge is 0.239 e. The molecule has 0 heterocycles. The van der Waals surface area contributed by atoms with E-state index in [1.54, 1.807) is 12.1 Å². The van der Waals surface area contributed by atoms with E-state index in [-0.39, 0.29) is 54.6 Å². The number of hydrogen-bond acceptors (Lipinski definition) is 3. The quantitative estimate of drug-likeness (QED) is 0.765. The topological polar surface area (TPSA) is 84.2 Å². The maximum atomic E-state index is 13.0. The van der Waals surface area contributed by atoms with Gasteiger partial charge in [-0.05, 0) is 23.1 Å². The molecule has 1 atom stereocenters. The van der Waals surface area contributed by atoms with E-state index in [0.717, 1.165) is 5.56 Å². The molecule has 0 fully saturated rings. The van der Waals surface area contributed by atoms with E-state index in [1.807, 2.05) is 20.8 Å². The molecule has 0 aliphatic heterocycles. The normalized spacial score (nSPS) is 12.0. The van der Waals surface area contributed by atoms with E-state index < -0.39 is 0 Å². The van der Waals surface area contributed by atoms with Crippen molar-refractivity contribution in [2.75, 3.05) is 13.1 Å². The summed E-state index contributed by atoms with van der Waals surface area (Å²) in [5.74, 6) is -1.03. The molecule has 0 radical (unpaired) electrons. The van der Waals surface area contributed by atoms with E-state index in [4.69, 9.17) is 5.73 Å². The second-order valence-electron chi connectivity index (χ2n) is 5.90. The summed E-state index contributed by atoms with van der Waals surface area (Å²) in [6, 6.07) is 5.71. The highest BCUT2D eigenvalue weighted by molar-refractivity contribution is 5.86. The zero-order valence-corrected chi connectivity index (χ0v) is 13.8. The molecule has 0 saturated heterocycles. The highest BCUT2D eigenvalue weighted by atomic mass is 35.5. The van der Waals surface area contributed by atoms with Gasteiger partial charge in [0.1, 0.15) is 5.82 Å². The second kappa shape index (κ2) is 8.70. The molecule has 0 saturated carbocycles. The highest BCUT2D eigenvalue weighted by Gasteiger charge is 2.27. The number of hydrogen-bond donors (Lipinski definition) is 3. The van der Waals surface area contributed by atoms with Crippen LogP contribution in [0.2, 0.25) is 0 Å². The Labute approximate surface area is 136 Å². The lowest BCUT2D eigenvalue weighted by molar-refractivity contribution is -0.126. The van der Waals surface area contributed by atoms with Gasteiger partial charge in [0.2, 0.25) is 11.8 Å². The first-order chi connectivity index (χ1) is 9.74. The Balaban J connectivity index is 0.00000441. The molecule has 7 heteroatoms. The summed E-state index contributed by atoms with van der Waals surface area (Å²) in [4.78, 5) is 23.0. The molecule has 0 aliphatic rings. The molecule has 0 aliphatic carbocycles. The Kier molecular flexibility index (Phi) is 8.05. The van der Waals surface area contributed by atoms with Crippen molar-refractivity contribution in [1.82, 2.24) is 10.6 Å². The van der Waals surface area contributed by atoms with Crippen molar-refractivity contribution in [3.05, 3.63) is 35.6 Å². The van der Waals surface area contributed by atoms with Crippen LogP contribution in [0.3, 0.4) is 0 Å². The van der Waals surface area contributed by atoms with Crippen LogP contribution in [-0.4, -0.2) is 24.9 Å². The Bertz CT molecular complexity index is 501. The predicted molar refractivity (Wildman–Crippen MR) is 86.1 cm³/mol. The van der Waals surface area contributed by atoms with Crippen molar-refractivity contribution in [3.63, 3.8) is 0 Å². The zero-order valence-electron chi connectivity index (χ0n) is 13.0. The lowest BCUT2D eigenvalue weighted by Crippen LogP contribution is -2.43. The van der Waals surface area contributed by atoms with Crippen molar-refractivity contribution in [3.8, 4) is 0 Å². The van der Waals surface area contributed by atoms with E-state index >= 15 is 0 Å². The molecule has 0 spiro atoms. The monoisotopic (exact) mass is 331 g/mol. The molecule has 1 rings (SSSR count). The zero-order chi connectivity index (χ0) is 16.0. The van der Waals surface area contributed by atoms with Crippen LogP contribution >= 0.6 is 12.4 Å². The number of carbonyl (C=O) groups is 2. The van der Waals surface area contributed by atoms with Gasteiger partial charge in [-0.1, -0.05) is 32.9 Å². The van der Waals surface area contributed by atoms with Gasteiger partial charge in [-0.3, -0.25) is 9.59 Å². The third-order valence-corrected chi connectivity index (χ3v) is 3.01. The fourth-order valence-corrected chi connectivity index (χ4v) is 1.92. The Morgan fingerprint density at radius 1 is 1.18 bits per heavy atom. The summed E-state index contributed by atoms with van der Waals surface area (Å²) in [6.45, 7) is 5.62. The standard InChI is InChI=1S/C15H22FN3O2.ClH/c1-15(2,3)14(10-4-6-11(16)7-5-10)19-13(21)9-18-12(20)8-17;/h4-7,14H,8-9,17H2,1-3H3,(H,18,20)(H,19,21);1H. The molecular weight excluding hydrogens is 309 g/mol. The van der Waals surface area contributed by atoms with Crippen molar-refractivity contribution >= 4 is 24.2 Å². The molecule has 1 unspecified atom stereocenters. The third kappa shape index (κ3) is 6.41. The number of nitrogens with two attached hydrogens (primary N) is 1. The SMILES string of the molecule is CC(C)(C)C(NC(=O)CNC(=O)CN)c1ccc(F)cc1.Cl. The van der Waals surface area contributed by atoms with Crippen LogP contribution in [0, 0.1) is 11.2 Å². The third-order valence-electron chi connectivity index (χ3n) is 3.01. The molecule has 0 bridgehead atoms. The van der Waals surface area contributed by atoms with E-state index in [0.29, 0.717) is 0 Å². The minimum atomic E-state index is -0.390. The minimum absolute atomic E-state index is 0. The summed E-state index contributed by atoms with van der Waals surface area (Å²) >= 11 is 0. The summed E-state index contributed by atoms with van der Waals surface area (Å²) < 4.78 is 13.0. The molecule has 124 valence electrons. The number of nitrogens with one attached hydrogen (secondary N) is 2. The summed E-state index contributed by atoms with van der Waals surface area (Å²) in [5.41, 5.74) is 5.70. The van der Waals surface area contributed by atoms with Crippen LogP contribution in [0.15, 0.2) is 24.3 Å². The number of carbonyl (C=O) groups excluding carboxylic acids is 2. The maximum Gasteiger partial charge on any atom is 0.239 e. The first kappa shape index (κ1) is 20.3. The Morgan fingerprint density at radius 2 is 1.73 bits per heavy atom. The first-order valence-electron chi connectivity index (χ1n) is 6.75. The van der Waals surface area contributed by atoms with Gasteiger partial charge in [0, 0.05) is 0 Å². The van der Waals surface area contributed by atoms with Gasteiger partial charge < -0.3 is 16.4 Å². The average molecular weight is 332 g/mol. The molecule has 5 nitrogen and oxygen atoms in total. The largest absolute Gasteiger partial charge is 0.347 e. The van der Waals surface area contributed by atoms with Crippen LogP contribution < -0.4 is 16.4 Å². The van der Waals surface area contributed by atoms with Gasteiger partial charge in [0.05, 0.1) is 19.1 Å². The van der Waals surface area contributed by atoms with Crippen molar-refractivity contribution in [2.24, 2.45) is 11.1 Å². The lowest BCUT2D eigenvalue weighted by atomic mass is 9.82. The number of rotatable bonds is 5. The molecule has 0 aromatic heterocycles. The summed E-state index contributed by atoms with van der Waals surface area (Å²) in [5, 5.41) is 5.27.